The summed E-state index contributed by atoms with van der Waals surface area (Å²) in [7, 11) is -3.62. The number of fused-ring (bicyclic) bond motifs is 2. The summed E-state index contributed by atoms with van der Waals surface area (Å²) in [6.07, 6.45) is 2.05. The molecule has 1 fully saturated rings. The molecule has 28 heavy (non-hydrogen) atoms. The Kier molecular flexibility index (Phi) is 4.41. The van der Waals surface area contributed by atoms with Crippen LogP contribution < -0.4 is 5.32 Å². The van der Waals surface area contributed by atoms with Crippen LogP contribution in [0.2, 0.25) is 0 Å². The Labute approximate surface area is 168 Å². The number of hydrogen-bond acceptors (Lipinski definition) is 6. The SMILES string of the molecule is O=S1(=O)N=C(CN2CCC(c3nc4ccccc4s3)CC2)Nc2ccccc21. The van der Waals surface area contributed by atoms with E-state index in [0.717, 1.165) is 31.4 Å². The molecule has 0 amide bonds. The number of anilines is 1. The Morgan fingerprint density at radius 1 is 1.07 bits per heavy atom. The monoisotopic (exact) mass is 412 g/mol. The van der Waals surface area contributed by atoms with Gasteiger partial charge in [-0.2, -0.15) is 8.42 Å². The summed E-state index contributed by atoms with van der Waals surface area (Å²) in [5.74, 6) is 0.969. The molecule has 1 N–H and O–H groups in total. The molecule has 2 aromatic carbocycles. The molecule has 6 nitrogen and oxygen atoms in total. The number of nitrogens with zero attached hydrogens (tertiary/aromatic N) is 3. The van der Waals surface area contributed by atoms with Gasteiger partial charge in [-0.25, -0.2) is 4.98 Å². The lowest BCUT2D eigenvalue weighted by Gasteiger charge is -2.32. The quantitative estimate of drug-likeness (QED) is 0.710. The topological polar surface area (TPSA) is 74.7 Å². The molecular weight excluding hydrogens is 392 g/mol. The Hall–Kier alpha value is -2.29. The number of sulfonamides is 1. The van der Waals surface area contributed by atoms with Gasteiger partial charge in [-0.15, -0.1) is 15.7 Å². The number of para-hydroxylation sites is 2. The summed E-state index contributed by atoms with van der Waals surface area (Å²) in [5, 5.41) is 4.39. The molecule has 1 saturated heterocycles. The van der Waals surface area contributed by atoms with E-state index in [9.17, 15) is 8.42 Å². The predicted molar refractivity (Wildman–Crippen MR) is 113 cm³/mol. The maximum atomic E-state index is 12.4. The third kappa shape index (κ3) is 3.32. The highest BCUT2D eigenvalue weighted by Crippen LogP contribution is 2.34. The number of thiazole rings is 1. The average Bonchev–Trinajstić information content (AvgIpc) is 3.12. The van der Waals surface area contributed by atoms with Crippen LogP contribution in [0.5, 0.6) is 0 Å². The molecule has 0 radical (unpaired) electrons. The normalized spacial score (nSPS) is 19.8. The van der Waals surface area contributed by atoms with Gasteiger partial charge in [-0.05, 0) is 50.2 Å². The van der Waals surface area contributed by atoms with Crippen LogP contribution in [-0.4, -0.2) is 43.8 Å². The van der Waals surface area contributed by atoms with Crippen LogP contribution in [0.1, 0.15) is 23.8 Å². The van der Waals surface area contributed by atoms with Gasteiger partial charge in [0.2, 0.25) is 0 Å². The standard InChI is InChI=1S/C20H20N4O2S2/c25-28(26)18-8-4-2-6-16(18)21-19(23-28)13-24-11-9-14(10-12-24)20-22-15-5-1-3-7-17(15)27-20/h1-8,14H,9-13H2,(H,21,23). The van der Waals surface area contributed by atoms with E-state index in [0.29, 0.717) is 24.0 Å². The van der Waals surface area contributed by atoms with Crippen molar-refractivity contribution in [1.82, 2.24) is 9.88 Å². The number of amidine groups is 1. The van der Waals surface area contributed by atoms with Crippen molar-refractivity contribution in [3.05, 3.63) is 53.5 Å². The first-order valence-corrected chi connectivity index (χ1v) is 11.6. The maximum Gasteiger partial charge on any atom is 0.286 e. The highest BCUT2D eigenvalue weighted by atomic mass is 32.2. The number of aromatic nitrogens is 1. The Balaban J connectivity index is 1.26. The lowest BCUT2D eigenvalue weighted by atomic mass is 9.97. The molecule has 3 aromatic rings. The molecule has 8 heteroatoms. The van der Waals surface area contributed by atoms with E-state index in [1.807, 2.05) is 12.1 Å². The van der Waals surface area contributed by atoms with Crippen molar-refractivity contribution in [3.8, 4) is 0 Å². The zero-order valence-electron chi connectivity index (χ0n) is 15.2. The van der Waals surface area contributed by atoms with E-state index in [2.05, 4.69) is 32.8 Å². The fraction of sp³-hybridized carbons (Fsp3) is 0.300. The van der Waals surface area contributed by atoms with E-state index in [-0.39, 0.29) is 4.90 Å². The van der Waals surface area contributed by atoms with Crippen molar-refractivity contribution < 1.29 is 8.42 Å². The first-order valence-electron chi connectivity index (χ1n) is 9.36. The van der Waals surface area contributed by atoms with Crippen molar-refractivity contribution >= 4 is 43.1 Å². The summed E-state index contributed by atoms with van der Waals surface area (Å²) in [6, 6.07) is 15.2. The highest BCUT2D eigenvalue weighted by molar-refractivity contribution is 7.90. The minimum absolute atomic E-state index is 0.244. The highest BCUT2D eigenvalue weighted by Gasteiger charge is 2.28. The zero-order valence-corrected chi connectivity index (χ0v) is 16.8. The van der Waals surface area contributed by atoms with Gasteiger partial charge in [0.25, 0.3) is 10.0 Å². The number of benzene rings is 2. The van der Waals surface area contributed by atoms with E-state index in [1.165, 1.54) is 9.71 Å². The van der Waals surface area contributed by atoms with Crippen LogP contribution in [0.4, 0.5) is 5.69 Å². The van der Waals surface area contributed by atoms with E-state index in [1.54, 1.807) is 29.5 Å². The Morgan fingerprint density at radius 3 is 2.64 bits per heavy atom. The molecule has 2 aliphatic rings. The smallest absolute Gasteiger partial charge is 0.286 e. The fourth-order valence-corrected chi connectivity index (χ4v) is 6.13. The molecule has 0 bridgehead atoms. The minimum atomic E-state index is -3.62. The van der Waals surface area contributed by atoms with Gasteiger partial charge in [0.1, 0.15) is 10.7 Å². The van der Waals surface area contributed by atoms with Crippen LogP contribution in [0, 0.1) is 0 Å². The van der Waals surface area contributed by atoms with Gasteiger partial charge in [-0.1, -0.05) is 24.3 Å². The second-order valence-corrected chi connectivity index (χ2v) is 9.84. The van der Waals surface area contributed by atoms with E-state index in [4.69, 9.17) is 4.98 Å². The molecule has 3 heterocycles. The number of rotatable bonds is 3. The Bertz CT molecular complexity index is 1130. The molecule has 1 aromatic heterocycles. The summed E-state index contributed by atoms with van der Waals surface area (Å²) in [6.45, 7) is 2.33. The van der Waals surface area contributed by atoms with Crippen LogP contribution in [0.3, 0.4) is 0 Å². The number of piperidine rings is 1. The first-order chi connectivity index (χ1) is 13.6. The molecule has 0 atom stereocenters. The third-order valence-corrected chi connectivity index (χ3v) is 7.87. The van der Waals surface area contributed by atoms with E-state index >= 15 is 0 Å². The van der Waals surface area contributed by atoms with Gasteiger partial charge in [0, 0.05) is 5.92 Å². The maximum absolute atomic E-state index is 12.4. The van der Waals surface area contributed by atoms with Crippen molar-refractivity contribution in [2.24, 2.45) is 4.40 Å². The molecule has 144 valence electrons. The van der Waals surface area contributed by atoms with Crippen molar-refractivity contribution in [3.63, 3.8) is 0 Å². The van der Waals surface area contributed by atoms with Crippen LogP contribution in [0.15, 0.2) is 57.8 Å². The predicted octanol–water partition coefficient (Wildman–Crippen LogP) is 3.69. The lowest BCUT2D eigenvalue weighted by Crippen LogP contribution is -2.40. The number of likely N-dealkylation sites (tertiary alicyclic amines) is 1. The molecular formula is C20H20N4O2S2. The fourth-order valence-electron chi connectivity index (χ4n) is 3.85. The van der Waals surface area contributed by atoms with Gasteiger partial charge in [0.15, 0.2) is 0 Å². The second-order valence-electron chi connectivity index (χ2n) is 7.20. The number of nitrogens with one attached hydrogen (secondary N) is 1. The van der Waals surface area contributed by atoms with E-state index < -0.39 is 10.0 Å². The van der Waals surface area contributed by atoms with Gasteiger partial charge in [0.05, 0.1) is 27.5 Å². The second kappa shape index (κ2) is 6.95. The largest absolute Gasteiger partial charge is 0.341 e. The molecule has 2 aliphatic heterocycles. The van der Waals surface area contributed by atoms with Gasteiger partial charge >= 0.3 is 0 Å². The summed E-state index contributed by atoms with van der Waals surface area (Å²) < 4.78 is 30.0. The zero-order chi connectivity index (χ0) is 19.1. The van der Waals surface area contributed by atoms with Crippen molar-refractivity contribution in [1.29, 1.82) is 0 Å². The van der Waals surface area contributed by atoms with Gasteiger partial charge in [-0.3, -0.25) is 4.90 Å². The summed E-state index contributed by atoms with van der Waals surface area (Å²) >= 11 is 1.79. The van der Waals surface area contributed by atoms with Crippen molar-refractivity contribution in [2.75, 3.05) is 25.0 Å². The minimum Gasteiger partial charge on any atom is -0.341 e. The average molecular weight is 413 g/mol. The molecule has 0 unspecified atom stereocenters. The third-order valence-electron chi connectivity index (χ3n) is 5.29. The molecule has 0 spiro atoms. The Morgan fingerprint density at radius 2 is 1.82 bits per heavy atom. The van der Waals surface area contributed by atoms with Crippen molar-refractivity contribution in [2.45, 2.75) is 23.7 Å². The van der Waals surface area contributed by atoms with Gasteiger partial charge < -0.3 is 5.32 Å². The van der Waals surface area contributed by atoms with Crippen LogP contribution in [-0.2, 0) is 10.0 Å². The lowest BCUT2D eigenvalue weighted by molar-refractivity contribution is 0.238. The molecule has 5 rings (SSSR count). The molecule has 0 saturated carbocycles. The summed E-state index contributed by atoms with van der Waals surface area (Å²) in [4.78, 5) is 7.31. The number of hydrogen-bond donors (Lipinski definition) is 1. The van der Waals surface area contributed by atoms with Crippen LogP contribution >= 0.6 is 11.3 Å². The molecule has 0 aliphatic carbocycles. The van der Waals surface area contributed by atoms with Crippen LogP contribution in [0.25, 0.3) is 10.2 Å². The summed E-state index contributed by atoms with van der Waals surface area (Å²) in [5.41, 5.74) is 1.69. The first kappa shape index (κ1) is 17.8.